The topological polar surface area (TPSA) is 60.9 Å². The van der Waals surface area contributed by atoms with Crippen LogP contribution in [0.25, 0.3) is 11.0 Å². The second kappa shape index (κ2) is 4.98. The fourth-order valence-electron chi connectivity index (χ4n) is 2.11. The van der Waals surface area contributed by atoms with Crippen molar-refractivity contribution < 1.29 is 5.11 Å². The maximum atomic E-state index is 9.42. The first-order chi connectivity index (χ1) is 8.48. The Balaban J connectivity index is 2.11. The zero-order valence-corrected chi connectivity index (χ0v) is 11.2. The molecule has 4 heteroatoms. The van der Waals surface area contributed by atoms with Crippen LogP contribution in [0.15, 0.2) is 24.3 Å². The van der Waals surface area contributed by atoms with Gasteiger partial charge in [0, 0.05) is 0 Å². The van der Waals surface area contributed by atoms with Gasteiger partial charge in [-0.25, -0.2) is 4.98 Å². The van der Waals surface area contributed by atoms with Gasteiger partial charge in [0.25, 0.3) is 0 Å². The maximum absolute atomic E-state index is 9.42. The fourth-order valence-corrected chi connectivity index (χ4v) is 2.11. The van der Waals surface area contributed by atoms with E-state index in [0.29, 0.717) is 0 Å². The summed E-state index contributed by atoms with van der Waals surface area (Å²) in [5, 5.41) is 12.7. The largest absolute Gasteiger partial charge is 0.394 e. The molecule has 2 rings (SSSR count). The molecule has 1 unspecified atom stereocenters. The summed E-state index contributed by atoms with van der Waals surface area (Å²) in [6.07, 6.45) is 0.889. The number of hydrogen-bond donors (Lipinski definition) is 3. The van der Waals surface area contributed by atoms with Gasteiger partial charge in [0.05, 0.1) is 23.7 Å². The van der Waals surface area contributed by atoms with Crippen molar-refractivity contribution in [3.8, 4) is 0 Å². The Morgan fingerprint density at radius 1 is 1.33 bits per heavy atom. The van der Waals surface area contributed by atoms with E-state index in [1.807, 2.05) is 24.3 Å². The first-order valence-corrected chi connectivity index (χ1v) is 6.30. The monoisotopic (exact) mass is 247 g/mol. The second-order valence-corrected chi connectivity index (χ2v) is 5.89. The van der Waals surface area contributed by atoms with Crippen LogP contribution in [0, 0.1) is 5.41 Å². The SMILES string of the molecule is CC(C)(C)CC(CO)Nc1nc2ccccc2[nH]1. The van der Waals surface area contributed by atoms with E-state index in [0.717, 1.165) is 23.4 Å². The van der Waals surface area contributed by atoms with E-state index in [1.165, 1.54) is 0 Å². The number of rotatable bonds is 4. The van der Waals surface area contributed by atoms with Crippen molar-refractivity contribution >= 4 is 17.0 Å². The van der Waals surface area contributed by atoms with Crippen LogP contribution in [-0.4, -0.2) is 27.7 Å². The lowest BCUT2D eigenvalue weighted by atomic mass is 9.88. The van der Waals surface area contributed by atoms with Gasteiger partial charge in [0.1, 0.15) is 0 Å². The molecule has 0 amide bonds. The van der Waals surface area contributed by atoms with Crippen molar-refractivity contribution in [3.05, 3.63) is 24.3 Å². The van der Waals surface area contributed by atoms with Gasteiger partial charge >= 0.3 is 0 Å². The highest BCUT2D eigenvalue weighted by Gasteiger charge is 2.18. The van der Waals surface area contributed by atoms with Crippen LogP contribution in [0.5, 0.6) is 0 Å². The molecule has 0 saturated carbocycles. The molecular weight excluding hydrogens is 226 g/mol. The van der Waals surface area contributed by atoms with Crippen molar-refractivity contribution in [1.82, 2.24) is 9.97 Å². The summed E-state index contributed by atoms with van der Waals surface area (Å²) in [6, 6.07) is 7.92. The molecule has 0 aliphatic heterocycles. The molecule has 4 nitrogen and oxygen atoms in total. The summed E-state index contributed by atoms with van der Waals surface area (Å²) in [4.78, 5) is 7.67. The minimum absolute atomic E-state index is 0.0190. The summed E-state index contributed by atoms with van der Waals surface area (Å²) < 4.78 is 0. The quantitative estimate of drug-likeness (QED) is 0.778. The van der Waals surface area contributed by atoms with Crippen LogP contribution in [0.3, 0.4) is 0 Å². The molecule has 0 fully saturated rings. The molecule has 0 spiro atoms. The van der Waals surface area contributed by atoms with Gasteiger partial charge in [-0.3, -0.25) is 0 Å². The van der Waals surface area contributed by atoms with Crippen molar-refractivity contribution in [1.29, 1.82) is 0 Å². The number of aliphatic hydroxyl groups excluding tert-OH is 1. The summed E-state index contributed by atoms with van der Waals surface area (Å²) in [6.45, 7) is 6.59. The number of nitrogens with one attached hydrogen (secondary N) is 2. The molecule has 1 aromatic heterocycles. The number of benzene rings is 1. The third kappa shape index (κ3) is 3.23. The molecule has 2 aromatic rings. The van der Waals surface area contributed by atoms with Gasteiger partial charge < -0.3 is 15.4 Å². The molecule has 98 valence electrons. The molecule has 0 aliphatic carbocycles. The normalized spacial score (nSPS) is 13.8. The maximum Gasteiger partial charge on any atom is 0.201 e. The molecule has 1 aromatic carbocycles. The number of aromatic nitrogens is 2. The third-order valence-electron chi connectivity index (χ3n) is 2.81. The molecule has 18 heavy (non-hydrogen) atoms. The Morgan fingerprint density at radius 3 is 2.67 bits per heavy atom. The molecule has 0 aliphatic rings. The minimum Gasteiger partial charge on any atom is -0.394 e. The molecular formula is C14H21N3O. The van der Waals surface area contributed by atoms with Crippen molar-refractivity contribution in [2.75, 3.05) is 11.9 Å². The van der Waals surface area contributed by atoms with Crippen LogP contribution >= 0.6 is 0 Å². The number of aromatic amines is 1. The van der Waals surface area contributed by atoms with E-state index in [4.69, 9.17) is 0 Å². The number of fused-ring (bicyclic) bond motifs is 1. The number of aliphatic hydroxyl groups is 1. The predicted octanol–water partition coefficient (Wildman–Crippen LogP) is 2.77. The first-order valence-electron chi connectivity index (χ1n) is 6.30. The predicted molar refractivity (Wildman–Crippen MR) is 74.7 cm³/mol. The summed E-state index contributed by atoms with van der Waals surface area (Å²) in [7, 11) is 0. The highest BCUT2D eigenvalue weighted by molar-refractivity contribution is 5.77. The van der Waals surface area contributed by atoms with Gasteiger partial charge in [-0.15, -0.1) is 0 Å². The van der Waals surface area contributed by atoms with Gasteiger partial charge in [-0.1, -0.05) is 32.9 Å². The Morgan fingerprint density at radius 2 is 2.06 bits per heavy atom. The van der Waals surface area contributed by atoms with Crippen molar-refractivity contribution in [3.63, 3.8) is 0 Å². The zero-order valence-electron chi connectivity index (χ0n) is 11.2. The summed E-state index contributed by atoms with van der Waals surface area (Å²) >= 11 is 0. The second-order valence-electron chi connectivity index (χ2n) is 5.89. The fraction of sp³-hybridized carbons (Fsp3) is 0.500. The lowest BCUT2D eigenvalue weighted by molar-refractivity contribution is 0.233. The van der Waals surface area contributed by atoms with Gasteiger partial charge in [0.2, 0.25) is 5.95 Å². The van der Waals surface area contributed by atoms with Crippen LogP contribution in [0.4, 0.5) is 5.95 Å². The van der Waals surface area contributed by atoms with Gasteiger partial charge in [-0.05, 0) is 24.0 Å². The molecule has 3 N–H and O–H groups in total. The van der Waals surface area contributed by atoms with Crippen molar-refractivity contribution in [2.24, 2.45) is 5.41 Å². The Hall–Kier alpha value is -1.55. The van der Waals surface area contributed by atoms with Gasteiger partial charge in [0.15, 0.2) is 0 Å². The number of hydrogen-bond acceptors (Lipinski definition) is 3. The smallest absolute Gasteiger partial charge is 0.201 e. The average Bonchev–Trinajstić information content (AvgIpc) is 2.68. The third-order valence-corrected chi connectivity index (χ3v) is 2.81. The summed E-state index contributed by atoms with van der Waals surface area (Å²) in [5.74, 6) is 0.722. The van der Waals surface area contributed by atoms with E-state index in [2.05, 4.69) is 36.1 Å². The first kappa shape index (κ1) is 12.9. The standard InChI is InChI=1S/C14H21N3O/c1-14(2,3)8-10(9-18)15-13-16-11-6-4-5-7-12(11)17-13/h4-7,10,18H,8-9H2,1-3H3,(H2,15,16,17). The van der Waals surface area contributed by atoms with Gasteiger partial charge in [-0.2, -0.15) is 0 Å². The number of para-hydroxylation sites is 2. The Kier molecular flexibility index (Phi) is 3.57. The van der Waals surface area contributed by atoms with E-state index in [1.54, 1.807) is 0 Å². The Bertz CT molecular complexity index is 480. The van der Waals surface area contributed by atoms with Crippen molar-refractivity contribution in [2.45, 2.75) is 33.2 Å². The lowest BCUT2D eigenvalue weighted by Crippen LogP contribution is -2.29. The van der Waals surface area contributed by atoms with E-state index >= 15 is 0 Å². The van der Waals surface area contributed by atoms with Crippen LogP contribution < -0.4 is 5.32 Å². The highest BCUT2D eigenvalue weighted by Crippen LogP contribution is 2.22. The average molecular weight is 247 g/mol. The van der Waals surface area contributed by atoms with Crippen LogP contribution in [0.1, 0.15) is 27.2 Å². The number of H-pyrrole nitrogens is 1. The molecule has 0 saturated heterocycles. The van der Waals surface area contributed by atoms with E-state index < -0.39 is 0 Å². The van der Waals surface area contributed by atoms with E-state index in [-0.39, 0.29) is 18.1 Å². The highest BCUT2D eigenvalue weighted by atomic mass is 16.3. The Labute approximate surface area is 107 Å². The molecule has 1 atom stereocenters. The van der Waals surface area contributed by atoms with E-state index in [9.17, 15) is 5.11 Å². The zero-order chi connectivity index (χ0) is 13.2. The minimum atomic E-state index is 0.0190. The number of imidazole rings is 1. The molecule has 0 radical (unpaired) electrons. The number of nitrogens with zero attached hydrogens (tertiary/aromatic N) is 1. The number of anilines is 1. The molecule has 1 heterocycles. The van der Waals surface area contributed by atoms with Crippen LogP contribution in [-0.2, 0) is 0 Å². The van der Waals surface area contributed by atoms with Crippen LogP contribution in [0.2, 0.25) is 0 Å². The molecule has 0 bridgehead atoms. The summed E-state index contributed by atoms with van der Waals surface area (Å²) in [5.41, 5.74) is 2.12. The lowest BCUT2D eigenvalue weighted by Gasteiger charge is -2.25.